The molecule has 76 valence electrons. The maximum Gasteiger partial charge on any atom is 0.137 e. The van der Waals surface area contributed by atoms with E-state index in [9.17, 15) is 13.6 Å². The van der Waals surface area contributed by atoms with Gasteiger partial charge in [0.2, 0.25) is 0 Å². The van der Waals surface area contributed by atoms with Crippen molar-refractivity contribution in [2.24, 2.45) is 0 Å². The lowest BCUT2D eigenvalue weighted by Gasteiger charge is -2.08. The molecule has 0 bridgehead atoms. The highest BCUT2D eigenvalue weighted by Gasteiger charge is 2.07. The second-order valence-electron chi connectivity index (χ2n) is 3.01. The number of aldehydes is 1. The van der Waals surface area contributed by atoms with E-state index in [0.717, 1.165) is 6.07 Å². The summed E-state index contributed by atoms with van der Waals surface area (Å²) < 4.78 is 25.5. The third kappa shape index (κ3) is 2.88. The van der Waals surface area contributed by atoms with Gasteiger partial charge >= 0.3 is 0 Å². The molecule has 0 aromatic heterocycles. The van der Waals surface area contributed by atoms with Crippen LogP contribution in [-0.4, -0.2) is 19.4 Å². The molecule has 0 aliphatic carbocycles. The minimum absolute atomic E-state index is 0.286. The van der Waals surface area contributed by atoms with Gasteiger partial charge in [0.1, 0.15) is 17.9 Å². The van der Waals surface area contributed by atoms with Gasteiger partial charge in [-0.1, -0.05) is 0 Å². The fourth-order valence-electron chi connectivity index (χ4n) is 1.20. The van der Waals surface area contributed by atoms with Gasteiger partial charge in [-0.2, -0.15) is 0 Å². The quantitative estimate of drug-likeness (QED) is 0.740. The van der Waals surface area contributed by atoms with Gasteiger partial charge in [0.25, 0.3) is 0 Å². The first-order valence-corrected chi connectivity index (χ1v) is 4.23. The number of carbonyl (C=O) groups excluding carboxylic acids is 1. The van der Waals surface area contributed by atoms with Crippen molar-refractivity contribution in [2.45, 2.75) is 12.5 Å². The molecule has 2 nitrogen and oxygen atoms in total. The van der Waals surface area contributed by atoms with Crippen LogP contribution in [0.25, 0.3) is 0 Å². The van der Waals surface area contributed by atoms with E-state index in [0.29, 0.717) is 11.8 Å². The monoisotopic (exact) mass is 199 g/mol. The normalized spacial score (nSPS) is 12.5. The van der Waals surface area contributed by atoms with Crippen molar-refractivity contribution in [1.29, 1.82) is 0 Å². The van der Waals surface area contributed by atoms with Gasteiger partial charge in [-0.3, -0.25) is 0 Å². The number of carbonyl (C=O) groups is 1. The smallest absolute Gasteiger partial charge is 0.137 e. The molecule has 4 heteroatoms. The standard InChI is InChI=1S/C10H11F2NO/c1-13-10(6-14)4-7-2-8(11)5-9(12)3-7/h2-3,5-6,10,13H,4H2,1H3/t10-/m0/s1. The second kappa shape index (κ2) is 4.81. The Morgan fingerprint density at radius 1 is 1.36 bits per heavy atom. The van der Waals surface area contributed by atoms with Crippen molar-refractivity contribution >= 4 is 6.29 Å². The van der Waals surface area contributed by atoms with E-state index in [1.54, 1.807) is 7.05 Å². The molecule has 0 amide bonds. The van der Waals surface area contributed by atoms with Crippen molar-refractivity contribution in [3.05, 3.63) is 35.4 Å². The summed E-state index contributed by atoms with van der Waals surface area (Å²) in [5, 5.41) is 2.73. The largest absolute Gasteiger partial charge is 0.311 e. The van der Waals surface area contributed by atoms with Crippen molar-refractivity contribution < 1.29 is 13.6 Å². The lowest BCUT2D eigenvalue weighted by atomic mass is 10.1. The average Bonchev–Trinajstić information content (AvgIpc) is 2.12. The third-order valence-corrected chi connectivity index (χ3v) is 1.91. The number of halogens is 2. The number of rotatable bonds is 4. The fourth-order valence-corrected chi connectivity index (χ4v) is 1.20. The molecule has 0 spiro atoms. The van der Waals surface area contributed by atoms with Gasteiger partial charge in [-0.05, 0) is 31.2 Å². The van der Waals surface area contributed by atoms with E-state index < -0.39 is 17.7 Å². The Morgan fingerprint density at radius 2 is 1.93 bits per heavy atom. The summed E-state index contributed by atoms with van der Waals surface area (Å²) in [6.07, 6.45) is 0.998. The van der Waals surface area contributed by atoms with Crippen LogP contribution < -0.4 is 5.32 Å². The second-order valence-corrected chi connectivity index (χ2v) is 3.01. The molecule has 1 rings (SSSR count). The molecule has 0 radical (unpaired) electrons. The zero-order valence-corrected chi connectivity index (χ0v) is 7.76. The first-order chi connectivity index (χ1) is 6.65. The third-order valence-electron chi connectivity index (χ3n) is 1.91. The van der Waals surface area contributed by atoms with Crippen LogP contribution in [0.15, 0.2) is 18.2 Å². The van der Waals surface area contributed by atoms with Crippen LogP contribution in [-0.2, 0) is 11.2 Å². The van der Waals surface area contributed by atoms with Gasteiger partial charge in [-0.15, -0.1) is 0 Å². The van der Waals surface area contributed by atoms with Crippen molar-refractivity contribution in [2.75, 3.05) is 7.05 Å². The minimum atomic E-state index is -0.624. The summed E-state index contributed by atoms with van der Waals surface area (Å²) in [4.78, 5) is 10.5. The van der Waals surface area contributed by atoms with Crippen LogP contribution in [0.2, 0.25) is 0 Å². The number of hydrogen-bond donors (Lipinski definition) is 1. The van der Waals surface area contributed by atoms with E-state index in [2.05, 4.69) is 5.32 Å². The highest BCUT2D eigenvalue weighted by atomic mass is 19.1. The zero-order chi connectivity index (χ0) is 10.6. The summed E-state index contributed by atoms with van der Waals surface area (Å²) in [5.74, 6) is -1.25. The maximum absolute atomic E-state index is 12.7. The van der Waals surface area contributed by atoms with E-state index in [1.165, 1.54) is 12.1 Å². The summed E-state index contributed by atoms with van der Waals surface area (Å²) in [6, 6.07) is 2.84. The number of hydrogen-bond acceptors (Lipinski definition) is 2. The summed E-state index contributed by atoms with van der Waals surface area (Å²) in [7, 11) is 1.62. The topological polar surface area (TPSA) is 29.1 Å². The number of benzene rings is 1. The van der Waals surface area contributed by atoms with Gasteiger partial charge < -0.3 is 10.1 Å². The van der Waals surface area contributed by atoms with Gasteiger partial charge in [0.05, 0.1) is 6.04 Å². The van der Waals surface area contributed by atoms with E-state index in [4.69, 9.17) is 0 Å². The highest BCUT2D eigenvalue weighted by Crippen LogP contribution is 2.09. The van der Waals surface area contributed by atoms with Crippen LogP contribution >= 0.6 is 0 Å². The zero-order valence-electron chi connectivity index (χ0n) is 7.76. The first kappa shape index (κ1) is 10.8. The first-order valence-electron chi connectivity index (χ1n) is 4.23. The Labute approximate surface area is 80.9 Å². The van der Waals surface area contributed by atoms with Gasteiger partial charge in [-0.25, -0.2) is 8.78 Å². The molecule has 0 saturated carbocycles. The highest BCUT2D eigenvalue weighted by molar-refractivity contribution is 5.58. The molecule has 0 unspecified atom stereocenters. The van der Waals surface area contributed by atoms with Crippen molar-refractivity contribution in [3.63, 3.8) is 0 Å². The van der Waals surface area contributed by atoms with Gasteiger partial charge in [0.15, 0.2) is 0 Å². The Kier molecular flexibility index (Phi) is 3.71. The lowest BCUT2D eigenvalue weighted by molar-refractivity contribution is -0.109. The van der Waals surface area contributed by atoms with Gasteiger partial charge in [0, 0.05) is 6.07 Å². The van der Waals surface area contributed by atoms with Crippen molar-refractivity contribution in [1.82, 2.24) is 5.32 Å². The molecule has 1 N–H and O–H groups in total. The molecule has 0 fully saturated rings. The number of nitrogens with one attached hydrogen (secondary N) is 1. The van der Waals surface area contributed by atoms with E-state index in [-0.39, 0.29) is 6.42 Å². The van der Waals surface area contributed by atoms with Crippen LogP contribution in [0.1, 0.15) is 5.56 Å². The molecule has 1 aromatic rings. The molecule has 0 aliphatic heterocycles. The molecular weight excluding hydrogens is 188 g/mol. The van der Waals surface area contributed by atoms with E-state index in [1.807, 2.05) is 0 Å². The van der Waals surface area contributed by atoms with Crippen LogP contribution in [0.3, 0.4) is 0 Å². The molecule has 0 saturated heterocycles. The molecular formula is C10H11F2NO. The summed E-state index contributed by atoms with van der Waals surface area (Å²) in [6.45, 7) is 0. The molecule has 0 aliphatic rings. The van der Waals surface area contributed by atoms with Crippen LogP contribution in [0, 0.1) is 11.6 Å². The Balaban J connectivity index is 2.80. The SMILES string of the molecule is CN[C@H](C=O)Cc1cc(F)cc(F)c1. The Morgan fingerprint density at radius 3 is 2.36 bits per heavy atom. The summed E-state index contributed by atoms with van der Waals surface area (Å²) >= 11 is 0. The van der Waals surface area contributed by atoms with Crippen LogP contribution in [0.4, 0.5) is 8.78 Å². The van der Waals surface area contributed by atoms with Crippen molar-refractivity contribution in [3.8, 4) is 0 Å². The molecule has 1 atom stereocenters. The predicted molar refractivity (Wildman–Crippen MR) is 49.0 cm³/mol. The Hall–Kier alpha value is -1.29. The Bertz CT molecular complexity index is 308. The van der Waals surface area contributed by atoms with E-state index >= 15 is 0 Å². The predicted octanol–water partition coefficient (Wildman–Crippen LogP) is 1.29. The maximum atomic E-state index is 12.7. The molecule has 0 heterocycles. The van der Waals surface area contributed by atoms with Crippen LogP contribution in [0.5, 0.6) is 0 Å². The summed E-state index contributed by atoms with van der Waals surface area (Å²) in [5.41, 5.74) is 0.467. The average molecular weight is 199 g/mol. The molecule has 1 aromatic carbocycles. The molecule has 14 heavy (non-hydrogen) atoms. The fraction of sp³-hybridized carbons (Fsp3) is 0.300. The minimum Gasteiger partial charge on any atom is -0.311 e. The number of likely N-dealkylation sites (N-methyl/N-ethyl adjacent to an activating group) is 1. The lowest BCUT2D eigenvalue weighted by Crippen LogP contribution is -2.28.